The Bertz CT molecular complexity index is 97.0. The van der Waals surface area contributed by atoms with Gasteiger partial charge in [0.25, 0.3) is 0 Å². The third-order valence-corrected chi connectivity index (χ3v) is 1.01. The van der Waals surface area contributed by atoms with E-state index in [4.69, 9.17) is 0 Å². The maximum absolute atomic E-state index is 10.3. The van der Waals surface area contributed by atoms with Crippen LogP contribution in [0.1, 0.15) is 0 Å². The number of carbonyl (C=O) groups is 1. The molecule has 0 aromatic heterocycles. The molecule has 0 unspecified atom stereocenters. The van der Waals surface area contributed by atoms with Crippen molar-refractivity contribution in [2.45, 2.75) is 0 Å². The standard InChI is InChI=1S/C4H8N2O.CH3.Rh/c1-6-3-2-5-4(6)7;;/h2-3H2,1H3,(H,5,7);1H3;/q;-1;+2/p-1. The summed E-state index contributed by atoms with van der Waals surface area (Å²) >= 11 is 0. The predicted molar refractivity (Wildman–Crippen MR) is 32.7 cm³/mol. The maximum atomic E-state index is 10.3. The normalized spacial score (nSPS) is 15.7. The maximum Gasteiger partial charge on any atom is 2.00 e. The molecule has 3 nitrogen and oxygen atoms in total. The van der Waals surface area contributed by atoms with Gasteiger partial charge in [-0.2, -0.15) is 0 Å². The number of urea groups is 1. The van der Waals surface area contributed by atoms with Crippen molar-refractivity contribution in [3.05, 3.63) is 12.7 Å². The number of nitrogens with zero attached hydrogens (tertiary/aromatic N) is 2. The van der Waals surface area contributed by atoms with Crippen LogP contribution in [0.3, 0.4) is 0 Å². The van der Waals surface area contributed by atoms with E-state index in [2.05, 4.69) is 5.32 Å². The first-order valence-electron chi connectivity index (χ1n) is 2.23. The van der Waals surface area contributed by atoms with Gasteiger partial charge in [0, 0.05) is 0 Å². The number of carbonyl (C=O) groups excluding carboxylic acids is 1. The van der Waals surface area contributed by atoms with E-state index in [0.29, 0.717) is 6.54 Å². The smallest absolute Gasteiger partial charge is 0.440 e. The summed E-state index contributed by atoms with van der Waals surface area (Å²) in [5.74, 6) is 0. The third-order valence-electron chi connectivity index (χ3n) is 1.01. The Morgan fingerprint density at radius 3 is 2.33 bits per heavy atom. The Morgan fingerprint density at radius 1 is 1.67 bits per heavy atom. The number of amides is 2. The van der Waals surface area contributed by atoms with Crippen LogP contribution in [0, 0.1) is 7.43 Å². The Hall–Kier alpha value is -0.107. The van der Waals surface area contributed by atoms with Crippen molar-refractivity contribution in [3.8, 4) is 0 Å². The second-order valence-electron chi connectivity index (χ2n) is 1.59. The molecule has 1 aliphatic heterocycles. The van der Waals surface area contributed by atoms with Gasteiger partial charge in [0.2, 0.25) is 0 Å². The molecule has 0 saturated carbocycles. The van der Waals surface area contributed by atoms with Gasteiger partial charge in [-0.1, -0.05) is 7.05 Å². The fourth-order valence-electron chi connectivity index (χ4n) is 0.512. The second kappa shape index (κ2) is 4.74. The largest absolute Gasteiger partial charge is 2.00 e. The zero-order valence-electron chi connectivity index (χ0n) is 5.55. The van der Waals surface area contributed by atoms with E-state index in [1.54, 1.807) is 11.9 Å². The molecule has 1 aliphatic rings. The van der Waals surface area contributed by atoms with Gasteiger partial charge in [0.15, 0.2) is 6.03 Å². The van der Waals surface area contributed by atoms with Crippen molar-refractivity contribution < 1.29 is 24.3 Å². The summed E-state index contributed by atoms with van der Waals surface area (Å²) in [5.41, 5.74) is 0. The summed E-state index contributed by atoms with van der Waals surface area (Å²) in [6.45, 7) is 1.47. The molecule has 55 valence electrons. The molecule has 0 bridgehead atoms. The molecule has 0 aromatic carbocycles. The van der Waals surface area contributed by atoms with E-state index < -0.39 is 0 Å². The van der Waals surface area contributed by atoms with Crippen LogP contribution >= 0.6 is 0 Å². The number of rotatable bonds is 0. The van der Waals surface area contributed by atoms with Gasteiger partial charge in [-0.15, -0.1) is 0 Å². The molecule has 9 heavy (non-hydrogen) atoms. The zero-order valence-corrected chi connectivity index (χ0v) is 7.19. The minimum absolute atomic E-state index is 0. The van der Waals surface area contributed by atoms with Gasteiger partial charge >= 0.3 is 19.5 Å². The van der Waals surface area contributed by atoms with Crippen molar-refractivity contribution in [2.24, 2.45) is 0 Å². The molecule has 0 atom stereocenters. The minimum atomic E-state index is -0.0833. The van der Waals surface area contributed by atoms with E-state index in [1.165, 1.54) is 0 Å². The zero-order chi connectivity index (χ0) is 5.28. The van der Waals surface area contributed by atoms with Gasteiger partial charge in [-0.25, -0.2) is 0 Å². The van der Waals surface area contributed by atoms with Gasteiger partial charge in [0.1, 0.15) is 0 Å². The molecule has 0 aromatic rings. The van der Waals surface area contributed by atoms with Crippen LogP contribution in [0.4, 0.5) is 4.79 Å². The van der Waals surface area contributed by atoms with Gasteiger partial charge in [-0.3, -0.25) is 4.79 Å². The van der Waals surface area contributed by atoms with E-state index >= 15 is 0 Å². The number of hydrogen-bond donors (Lipinski definition) is 0. The number of likely N-dealkylation sites (N-methyl/N-ethyl adjacent to an activating group) is 1. The first-order valence-corrected chi connectivity index (χ1v) is 2.23. The first kappa shape index (κ1) is 11.7. The van der Waals surface area contributed by atoms with Crippen LogP contribution in [0.5, 0.6) is 0 Å². The van der Waals surface area contributed by atoms with Crippen LogP contribution in [0.25, 0.3) is 5.32 Å². The molecule has 0 N–H and O–H groups in total. The van der Waals surface area contributed by atoms with Crippen LogP contribution in [-0.2, 0) is 19.5 Å². The molecular formula is C5H10N2ORh. The van der Waals surface area contributed by atoms with Gasteiger partial charge < -0.3 is 17.6 Å². The Kier molecular flexibility index (Phi) is 6.14. The van der Waals surface area contributed by atoms with E-state index in [1.807, 2.05) is 0 Å². The van der Waals surface area contributed by atoms with E-state index in [9.17, 15) is 4.79 Å². The molecule has 0 spiro atoms. The third kappa shape index (κ3) is 2.80. The molecular weight excluding hydrogens is 207 g/mol. The first-order chi connectivity index (χ1) is 3.30. The van der Waals surface area contributed by atoms with E-state index in [0.717, 1.165) is 6.54 Å². The monoisotopic (exact) mass is 217 g/mol. The minimum Gasteiger partial charge on any atom is -0.440 e. The second-order valence-corrected chi connectivity index (χ2v) is 1.59. The summed E-state index contributed by atoms with van der Waals surface area (Å²) in [4.78, 5) is 11.9. The Balaban J connectivity index is 0. The average Bonchev–Trinajstić information content (AvgIpc) is 1.91. The summed E-state index contributed by atoms with van der Waals surface area (Å²) in [6.07, 6.45) is 0. The summed E-state index contributed by atoms with van der Waals surface area (Å²) in [6, 6.07) is -0.0833. The van der Waals surface area contributed by atoms with Gasteiger partial charge in [0.05, 0.1) is 0 Å². The van der Waals surface area contributed by atoms with Crippen molar-refractivity contribution in [1.82, 2.24) is 4.90 Å². The molecule has 1 fully saturated rings. The van der Waals surface area contributed by atoms with Crippen LogP contribution in [-0.4, -0.2) is 31.1 Å². The van der Waals surface area contributed by atoms with Crippen molar-refractivity contribution in [3.63, 3.8) is 0 Å². The quantitative estimate of drug-likeness (QED) is 0.438. The fraction of sp³-hybridized carbons (Fsp3) is 0.600. The summed E-state index contributed by atoms with van der Waals surface area (Å²) in [5, 5.41) is 3.60. The topological polar surface area (TPSA) is 34.4 Å². The molecule has 2 amide bonds. The molecule has 4 heteroatoms. The average molecular weight is 217 g/mol. The van der Waals surface area contributed by atoms with Crippen LogP contribution in [0.15, 0.2) is 0 Å². The molecule has 1 rings (SSSR count). The van der Waals surface area contributed by atoms with Crippen molar-refractivity contribution in [2.75, 3.05) is 20.1 Å². The molecule has 1 radical (unpaired) electrons. The SMILES string of the molecule is CN1CC[N-]C1=O.[CH3-].[Rh+2]. The van der Waals surface area contributed by atoms with Crippen LogP contribution in [0.2, 0.25) is 0 Å². The number of hydrogen-bond acceptors (Lipinski definition) is 1. The van der Waals surface area contributed by atoms with Crippen molar-refractivity contribution in [1.29, 1.82) is 0 Å². The van der Waals surface area contributed by atoms with E-state index in [-0.39, 0.29) is 32.9 Å². The fourth-order valence-corrected chi connectivity index (χ4v) is 0.512. The van der Waals surface area contributed by atoms with Crippen LogP contribution < -0.4 is 0 Å². The summed E-state index contributed by atoms with van der Waals surface area (Å²) in [7, 11) is 1.75. The molecule has 1 heterocycles. The Labute approximate surface area is 68.6 Å². The van der Waals surface area contributed by atoms with Crippen molar-refractivity contribution >= 4 is 6.03 Å². The Morgan fingerprint density at radius 2 is 2.22 bits per heavy atom. The summed E-state index contributed by atoms with van der Waals surface area (Å²) < 4.78 is 0. The molecule has 1 saturated heterocycles. The molecule has 0 aliphatic carbocycles. The van der Waals surface area contributed by atoms with Gasteiger partial charge in [-0.05, 0) is 13.1 Å². The predicted octanol–water partition coefficient (Wildman–Crippen LogP) is 0.873.